The Morgan fingerprint density at radius 3 is 2.59 bits per heavy atom. The third-order valence-electron chi connectivity index (χ3n) is 4.16. The SMILES string of the molecule is COc1cccc(CN(C)C(=O)NCc2ccc(Oc3cccc(F)c3)nc2)c1. The molecule has 0 aliphatic carbocycles. The van der Waals surface area contributed by atoms with E-state index in [0.29, 0.717) is 24.7 Å². The van der Waals surface area contributed by atoms with Crippen molar-refractivity contribution in [2.24, 2.45) is 0 Å². The van der Waals surface area contributed by atoms with Crippen LogP contribution in [0.25, 0.3) is 0 Å². The molecule has 0 unspecified atom stereocenters. The van der Waals surface area contributed by atoms with Crippen LogP contribution >= 0.6 is 0 Å². The van der Waals surface area contributed by atoms with Crippen molar-refractivity contribution >= 4 is 6.03 Å². The second-order valence-corrected chi connectivity index (χ2v) is 6.43. The molecule has 7 heteroatoms. The van der Waals surface area contributed by atoms with Crippen LogP contribution in [0.3, 0.4) is 0 Å². The Kier molecular flexibility index (Phi) is 6.63. The predicted molar refractivity (Wildman–Crippen MR) is 107 cm³/mol. The molecule has 0 radical (unpaired) electrons. The number of ether oxygens (including phenoxy) is 2. The highest BCUT2D eigenvalue weighted by Gasteiger charge is 2.09. The summed E-state index contributed by atoms with van der Waals surface area (Å²) in [4.78, 5) is 18.1. The summed E-state index contributed by atoms with van der Waals surface area (Å²) in [6.45, 7) is 0.788. The van der Waals surface area contributed by atoms with E-state index >= 15 is 0 Å². The number of pyridine rings is 1. The number of aromatic nitrogens is 1. The minimum atomic E-state index is -0.375. The number of urea groups is 1. The highest BCUT2D eigenvalue weighted by molar-refractivity contribution is 5.73. The Balaban J connectivity index is 1.50. The van der Waals surface area contributed by atoms with Gasteiger partial charge in [-0.2, -0.15) is 0 Å². The van der Waals surface area contributed by atoms with Gasteiger partial charge in [0.1, 0.15) is 17.3 Å². The monoisotopic (exact) mass is 395 g/mol. The molecule has 0 spiro atoms. The van der Waals surface area contributed by atoms with Gasteiger partial charge in [0, 0.05) is 38.5 Å². The number of hydrogen-bond donors (Lipinski definition) is 1. The van der Waals surface area contributed by atoms with Crippen LogP contribution in [-0.2, 0) is 13.1 Å². The van der Waals surface area contributed by atoms with Gasteiger partial charge in [0.05, 0.1) is 7.11 Å². The van der Waals surface area contributed by atoms with Gasteiger partial charge in [-0.05, 0) is 35.4 Å². The first-order valence-corrected chi connectivity index (χ1v) is 9.04. The summed E-state index contributed by atoms with van der Waals surface area (Å²) in [5.41, 5.74) is 1.79. The van der Waals surface area contributed by atoms with Gasteiger partial charge in [0.15, 0.2) is 0 Å². The maximum absolute atomic E-state index is 13.2. The van der Waals surface area contributed by atoms with Gasteiger partial charge in [-0.15, -0.1) is 0 Å². The molecule has 0 fully saturated rings. The van der Waals surface area contributed by atoms with E-state index in [-0.39, 0.29) is 11.8 Å². The Morgan fingerprint density at radius 1 is 1.07 bits per heavy atom. The molecule has 2 amide bonds. The van der Waals surface area contributed by atoms with Crippen LogP contribution in [0.4, 0.5) is 9.18 Å². The summed E-state index contributed by atoms with van der Waals surface area (Å²) in [7, 11) is 3.33. The highest BCUT2D eigenvalue weighted by Crippen LogP contribution is 2.20. The second kappa shape index (κ2) is 9.54. The van der Waals surface area contributed by atoms with Crippen LogP contribution in [0.15, 0.2) is 66.9 Å². The largest absolute Gasteiger partial charge is 0.497 e. The van der Waals surface area contributed by atoms with E-state index in [1.165, 1.54) is 12.1 Å². The normalized spacial score (nSPS) is 10.3. The van der Waals surface area contributed by atoms with E-state index in [9.17, 15) is 9.18 Å². The molecule has 1 N–H and O–H groups in total. The lowest BCUT2D eigenvalue weighted by Gasteiger charge is -2.18. The maximum Gasteiger partial charge on any atom is 0.317 e. The van der Waals surface area contributed by atoms with Crippen LogP contribution in [0, 0.1) is 5.82 Å². The van der Waals surface area contributed by atoms with Gasteiger partial charge in [-0.3, -0.25) is 0 Å². The number of amides is 2. The number of nitrogens with zero attached hydrogens (tertiary/aromatic N) is 2. The summed E-state index contributed by atoms with van der Waals surface area (Å²) in [5.74, 6) is 1.10. The molecule has 3 aromatic rings. The number of nitrogens with one attached hydrogen (secondary N) is 1. The van der Waals surface area contributed by atoms with Crippen molar-refractivity contribution < 1.29 is 18.7 Å². The zero-order chi connectivity index (χ0) is 20.6. The summed E-state index contributed by atoms with van der Waals surface area (Å²) in [5, 5.41) is 2.85. The summed E-state index contributed by atoms with van der Waals surface area (Å²) in [6.07, 6.45) is 1.61. The van der Waals surface area contributed by atoms with E-state index in [1.54, 1.807) is 49.5 Å². The van der Waals surface area contributed by atoms with Gasteiger partial charge < -0.3 is 19.7 Å². The fourth-order valence-electron chi connectivity index (χ4n) is 2.66. The number of hydrogen-bond acceptors (Lipinski definition) is 4. The molecule has 0 bridgehead atoms. The Morgan fingerprint density at radius 2 is 1.86 bits per heavy atom. The van der Waals surface area contributed by atoms with E-state index < -0.39 is 0 Å². The molecular formula is C22H22FN3O3. The predicted octanol–water partition coefficient (Wildman–Crippen LogP) is 4.36. The lowest BCUT2D eigenvalue weighted by Crippen LogP contribution is -2.36. The van der Waals surface area contributed by atoms with Gasteiger partial charge in [0.25, 0.3) is 0 Å². The van der Waals surface area contributed by atoms with Crippen LogP contribution in [0.5, 0.6) is 17.4 Å². The maximum atomic E-state index is 13.2. The van der Waals surface area contributed by atoms with Gasteiger partial charge in [-0.1, -0.05) is 24.3 Å². The lowest BCUT2D eigenvalue weighted by atomic mass is 10.2. The van der Waals surface area contributed by atoms with Crippen molar-refractivity contribution in [3.05, 3.63) is 83.8 Å². The van der Waals surface area contributed by atoms with Gasteiger partial charge in [0.2, 0.25) is 5.88 Å². The molecule has 2 aromatic carbocycles. The smallest absolute Gasteiger partial charge is 0.317 e. The molecule has 6 nitrogen and oxygen atoms in total. The third kappa shape index (κ3) is 5.93. The molecule has 29 heavy (non-hydrogen) atoms. The molecule has 3 rings (SSSR count). The molecule has 1 aromatic heterocycles. The van der Waals surface area contributed by atoms with Crippen LogP contribution < -0.4 is 14.8 Å². The molecule has 0 atom stereocenters. The van der Waals surface area contributed by atoms with E-state index in [2.05, 4.69) is 10.3 Å². The number of carbonyl (C=O) groups excluding carboxylic acids is 1. The topological polar surface area (TPSA) is 63.7 Å². The van der Waals surface area contributed by atoms with Crippen molar-refractivity contribution in [1.29, 1.82) is 0 Å². The number of halogens is 1. The second-order valence-electron chi connectivity index (χ2n) is 6.43. The number of rotatable bonds is 7. The first kappa shape index (κ1) is 20.1. The molecule has 0 saturated heterocycles. The molecule has 1 heterocycles. The van der Waals surface area contributed by atoms with Crippen LogP contribution in [0.2, 0.25) is 0 Å². The Bertz CT molecular complexity index is 964. The Hall–Kier alpha value is -3.61. The van der Waals surface area contributed by atoms with Gasteiger partial charge >= 0.3 is 6.03 Å². The first-order chi connectivity index (χ1) is 14.0. The average Bonchev–Trinajstić information content (AvgIpc) is 2.73. The zero-order valence-corrected chi connectivity index (χ0v) is 16.3. The van der Waals surface area contributed by atoms with E-state index in [1.807, 2.05) is 24.3 Å². The fourth-order valence-corrected chi connectivity index (χ4v) is 2.66. The van der Waals surface area contributed by atoms with Crippen molar-refractivity contribution in [1.82, 2.24) is 15.2 Å². The first-order valence-electron chi connectivity index (χ1n) is 9.04. The van der Waals surface area contributed by atoms with E-state index in [4.69, 9.17) is 9.47 Å². The third-order valence-corrected chi connectivity index (χ3v) is 4.16. The summed E-state index contributed by atoms with van der Waals surface area (Å²) >= 11 is 0. The quantitative estimate of drug-likeness (QED) is 0.646. The number of methoxy groups -OCH3 is 1. The minimum Gasteiger partial charge on any atom is -0.497 e. The zero-order valence-electron chi connectivity index (χ0n) is 16.3. The van der Waals surface area contributed by atoms with Crippen molar-refractivity contribution in [2.75, 3.05) is 14.2 Å². The average molecular weight is 395 g/mol. The highest BCUT2D eigenvalue weighted by atomic mass is 19.1. The lowest BCUT2D eigenvalue weighted by molar-refractivity contribution is 0.206. The van der Waals surface area contributed by atoms with Crippen molar-refractivity contribution in [3.8, 4) is 17.4 Å². The van der Waals surface area contributed by atoms with Gasteiger partial charge in [-0.25, -0.2) is 14.2 Å². The minimum absolute atomic E-state index is 0.201. The molecular weight excluding hydrogens is 373 g/mol. The standard InChI is InChI=1S/C22H22FN3O3/c1-26(15-16-5-3-7-19(11-16)28-2)22(27)25-14-17-9-10-21(24-13-17)29-20-8-4-6-18(23)12-20/h3-13H,14-15H2,1-2H3,(H,25,27). The number of benzene rings is 2. The van der Waals surface area contributed by atoms with Crippen molar-refractivity contribution in [3.63, 3.8) is 0 Å². The van der Waals surface area contributed by atoms with Crippen molar-refractivity contribution in [2.45, 2.75) is 13.1 Å². The molecule has 0 saturated carbocycles. The molecule has 0 aliphatic heterocycles. The fraction of sp³-hybridized carbons (Fsp3) is 0.182. The van der Waals surface area contributed by atoms with Crippen LogP contribution in [-0.4, -0.2) is 30.1 Å². The van der Waals surface area contributed by atoms with Crippen LogP contribution in [0.1, 0.15) is 11.1 Å². The number of carbonyl (C=O) groups is 1. The summed E-state index contributed by atoms with van der Waals surface area (Å²) < 4.78 is 23.9. The Labute approximate surface area is 168 Å². The molecule has 150 valence electrons. The molecule has 0 aliphatic rings. The summed E-state index contributed by atoms with van der Waals surface area (Å²) in [6, 6.07) is 16.7. The van der Waals surface area contributed by atoms with E-state index in [0.717, 1.165) is 16.9 Å².